The lowest BCUT2D eigenvalue weighted by molar-refractivity contribution is 0.198. The van der Waals surface area contributed by atoms with Gasteiger partial charge in [-0.25, -0.2) is 4.79 Å². The van der Waals surface area contributed by atoms with E-state index >= 15 is 0 Å². The van der Waals surface area contributed by atoms with Crippen LogP contribution in [0.2, 0.25) is 0 Å². The van der Waals surface area contributed by atoms with Gasteiger partial charge in [-0.1, -0.05) is 19.3 Å². The summed E-state index contributed by atoms with van der Waals surface area (Å²) in [5.74, 6) is 0.691. The van der Waals surface area contributed by atoms with E-state index in [1.165, 1.54) is 44.9 Å². The van der Waals surface area contributed by atoms with Crippen molar-refractivity contribution in [3.8, 4) is 0 Å². The number of rotatable bonds is 1. The van der Waals surface area contributed by atoms with Crippen LogP contribution in [0.5, 0.6) is 0 Å². The number of likely N-dealkylation sites (tertiary alicyclic amines) is 1. The van der Waals surface area contributed by atoms with Gasteiger partial charge in [0.25, 0.3) is 0 Å². The molecule has 0 aromatic heterocycles. The first-order valence-electron chi connectivity index (χ1n) is 7.62. The second kappa shape index (κ2) is 5.47. The second-order valence-electron chi connectivity index (χ2n) is 6.15. The van der Waals surface area contributed by atoms with Crippen molar-refractivity contribution < 1.29 is 4.79 Å². The molecule has 0 unspecified atom stereocenters. The Morgan fingerprint density at radius 1 is 1.06 bits per heavy atom. The van der Waals surface area contributed by atoms with Gasteiger partial charge in [0.15, 0.2) is 0 Å². The molecule has 3 rings (SSSR count). The molecule has 0 aromatic rings. The fourth-order valence-corrected chi connectivity index (χ4v) is 3.73. The largest absolute Gasteiger partial charge is 0.335 e. The average molecular weight is 251 g/mol. The Bertz CT molecular complexity index is 287. The molecule has 3 aliphatic rings. The standard InChI is InChI=1S/C14H25N3O/c18-14(16-12-6-2-1-3-7-12)17-9-11-5-4-8-15-13(11)10-17/h11-13,15H,1-10H2,(H,16,18)/t11-,13+/m0/s1. The molecule has 0 bridgehead atoms. The normalized spacial score (nSPS) is 33.2. The van der Waals surface area contributed by atoms with Crippen LogP contribution in [0.3, 0.4) is 0 Å². The summed E-state index contributed by atoms with van der Waals surface area (Å²) < 4.78 is 0. The van der Waals surface area contributed by atoms with Gasteiger partial charge in [-0.05, 0) is 38.1 Å². The van der Waals surface area contributed by atoms with Crippen LogP contribution >= 0.6 is 0 Å². The van der Waals surface area contributed by atoms with Crippen molar-refractivity contribution in [2.45, 2.75) is 57.0 Å². The van der Waals surface area contributed by atoms with Gasteiger partial charge in [-0.2, -0.15) is 0 Å². The quantitative estimate of drug-likeness (QED) is 0.745. The monoisotopic (exact) mass is 251 g/mol. The molecule has 18 heavy (non-hydrogen) atoms. The third-order valence-corrected chi connectivity index (χ3v) is 4.82. The molecule has 1 aliphatic carbocycles. The first-order valence-corrected chi connectivity index (χ1v) is 7.62. The highest BCUT2D eigenvalue weighted by molar-refractivity contribution is 5.75. The highest BCUT2D eigenvalue weighted by Crippen LogP contribution is 2.25. The molecule has 4 heteroatoms. The summed E-state index contributed by atoms with van der Waals surface area (Å²) in [4.78, 5) is 14.3. The van der Waals surface area contributed by atoms with Gasteiger partial charge in [0, 0.05) is 25.2 Å². The lowest BCUT2D eigenvalue weighted by Gasteiger charge is -2.26. The first-order chi connectivity index (χ1) is 8.83. The fourth-order valence-electron chi connectivity index (χ4n) is 3.73. The minimum atomic E-state index is 0.179. The molecule has 2 aliphatic heterocycles. The van der Waals surface area contributed by atoms with Crippen LogP contribution < -0.4 is 10.6 Å². The molecule has 2 N–H and O–H groups in total. The smallest absolute Gasteiger partial charge is 0.317 e. The molecular weight excluding hydrogens is 226 g/mol. The van der Waals surface area contributed by atoms with Gasteiger partial charge in [-0.3, -0.25) is 0 Å². The zero-order valence-electron chi connectivity index (χ0n) is 11.2. The van der Waals surface area contributed by atoms with Gasteiger partial charge in [0.2, 0.25) is 0 Å². The van der Waals surface area contributed by atoms with Crippen molar-refractivity contribution in [2.24, 2.45) is 5.92 Å². The number of hydrogen-bond acceptors (Lipinski definition) is 2. The highest BCUT2D eigenvalue weighted by Gasteiger charge is 2.36. The Morgan fingerprint density at radius 2 is 1.89 bits per heavy atom. The van der Waals surface area contributed by atoms with Crippen LogP contribution in [-0.2, 0) is 0 Å². The number of nitrogens with zero attached hydrogens (tertiary/aromatic N) is 1. The van der Waals surface area contributed by atoms with E-state index in [-0.39, 0.29) is 6.03 Å². The van der Waals surface area contributed by atoms with Gasteiger partial charge < -0.3 is 15.5 Å². The van der Waals surface area contributed by atoms with Crippen molar-refractivity contribution in [1.29, 1.82) is 0 Å². The summed E-state index contributed by atoms with van der Waals surface area (Å²) in [5.41, 5.74) is 0. The average Bonchev–Trinajstić information content (AvgIpc) is 2.84. The van der Waals surface area contributed by atoms with Crippen LogP contribution in [0.4, 0.5) is 4.79 Å². The number of amides is 2. The maximum Gasteiger partial charge on any atom is 0.317 e. The number of nitrogens with one attached hydrogen (secondary N) is 2. The predicted molar refractivity (Wildman–Crippen MR) is 71.5 cm³/mol. The van der Waals surface area contributed by atoms with Crippen LogP contribution in [0, 0.1) is 5.92 Å². The molecule has 2 heterocycles. The molecule has 1 saturated carbocycles. The molecular formula is C14H25N3O. The van der Waals surface area contributed by atoms with E-state index in [0.29, 0.717) is 18.0 Å². The minimum Gasteiger partial charge on any atom is -0.335 e. The number of piperidine rings is 1. The van der Waals surface area contributed by atoms with E-state index in [9.17, 15) is 4.79 Å². The molecule has 2 saturated heterocycles. The molecule has 0 aromatic carbocycles. The third-order valence-electron chi connectivity index (χ3n) is 4.82. The summed E-state index contributed by atoms with van der Waals surface area (Å²) in [6.07, 6.45) is 8.78. The molecule has 2 amide bonds. The van der Waals surface area contributed by atoms with E-state index < -0.39 is 0 Å². The van der Waals surface area contributed by atoms with Crippen molar-refractivity contribution in [3.63, 3.8) is 0 Å². The topological polar surface area (TPSA) is 44.4 Å². The molecule has 4 nitrogen and oxygen atoms in total. The van der Waals surface area contributed by atoms with E-state index in [0.717, 1.165) is 19.6 Å². The van der Waals surface area contributed by atoms with Crippen LogP contribution in [0.15, 0.2) is 0 Å². The molecule has 3 fully saturated rings. The van der Waals surface area contributed by atoms with Crippen LogP contribution in [0.1, 0.15) is 44.9 Å². The van der Waals surface area contributed by atoms with E-state index in [2.05, 4.69) is 10.6 Å². The van der Waals surface area contributed by atoms with Crippen LogP contribution in [0.25, 0.3) is 0 Å². The first kappa shape index (κ1) is 12.3. The van der Waals surface area contributed by atoms with Crippen molar-refractivity contribution in [1.82, 2.24) is 15.5 Å². The number of hydrogen-bond donors (Lipinski definition) is 2. The summed E-state index contributed by atoms with van der Waals surface area (Å²) in [7, 11) is 0. The van der Waals surface area contributed by atoms with E-state index in [4.69, 9.17) is 0 Å². The highest BCUT2D eigenvalue weighted by atomic mass is 16.2. The molecule has 102 valence electrons. The zero-order valence-corrected chi connectivity index (χ0v) is 11.2. The maximum absolute atomic E-state index is 12.2. The van der Waals surface area contributed by atoms with Crippen molar-refractivity contribution in [3.05, 3.63) is 0 Å². The van der Waals surface area contributed by atoms with Crippen molar-refractivity contribution in [2.75, 3.05) is 19.6 Å². The summed E-state index contributed by atoms with van der Waals surface area (Å²) in [6, 6.07) is 1.16. The lowest BCUT2D eigenvalue weighted by Crippen LogP contribution is -2.45. The minimum absolute atomic E-state index is 0.179. The SMILES string of the molecule is O=C(NC1CCCCC1)N1C[C@@H]2CCCN[C@@H]2C1. The third kappa shape index (κ3) is 2.63. The zero-order chi connectivity index (χ0) is 12.4. The Balaban J connectivity index is 1.50. The van der Waals surface area contributed by atoms with Gasteiger partial charge in [0.1, 0.15) is 0 Å². The summed E-state index contributed by atoms with van der Waals surface area (Å²) >= 11 is 0. The summed E-state index contributed by atoms with van der Waals surface area (Å²) in [6.45, 7) is 2.98. The molecule has 2 atom stereocenters. The Hall–Kier alpha value is -0.770. The number of urea groups is 1. The molecule has 0 spiro atoms. The Kier molecular flexibility index (Phi) is 3.73. The Morgan fingerprint density at radius 3 is 2.67 bits per heavy atom. The molecule has 0 radical (unpaired) electrons. The van der Waals surface area contributed by atoms with E-state index in [1.807, 2.05) is 4.90 Å². The predicted octanol–water partition coefficient (Wildman–Crippen LogP) is 1.71. The number of carbonyl (C=O) groups is 1. The summed E-state index contributed by atoms with van der Waals surface area (Å²) in [5, 5.41) is 6.78. The maximum atomic E-state index is 12.2. The fraction of sp³-hybridized carbons (Fsp3) is 0.929. The Labute approximate surface area is 109 Å². The van der Waals surface area contributed by atoms with Crippen molar-refractivity contribution >= 4 is 6.03 Å². The van der Waals surface area contributed by atoms with Gasteiger partial charge in [-0.15, -0.1) is 0 Å². The van der Waals surface area contributed by atoms with Gasteiger partial charge >= 0.3 is 6.03 Å². The second-order valence-corrected chi connectivity index (χ2v) is 6.15. The number of fused-ring (bicyclic) bond motifs is 1. The number of carbonyl (C=O) groups excluding carboxylic acids is 1. The van der Waals surface area contributed by atoms with E-state index in [1.54, 1.807) is 0 Å². The van der Waals surface area contributed by atoms with Gasteiger partial charge in [0.05, 0.1) is 0 Å². The lowest BCUT2D eigenvalue weighted by atomic mass is 9.94. The van der Waals surface area contributed by atoms with Crippen LogP contribution in [-0.4, -0.2) is 42.6 Å².